The van der Waals surface area contributed by atoms with Gasteiger partial charge in [-0.15, -0.1) is 0 Å². The highest BCUT2D eigenvalue weighted by molar-refractivity contribution is 5.94. The molecule has 4 heterocycles. The molecule has 0 aliphatic carbocycles. The minimum absolute atomic E-state index is 0.0180. The normalized spacial score (nSPS) is 17.0. The van der Waals surface area contributed by atoms with Gasteiger partial charge in [0, 0.05) is 50.1 Å². The number of amides is 2. The molecule has 7 nitrogen and oxygen atoms in total. The summed E-state index contributed by atoms with van der Waals surface area (Å²) in [5.41, 5.74) is 3.56. The fourth-order valence-electron chi connectivity index (χ4n) is 4.83. The van der Waals surface area contributed by atoms with Gasteiger partial charge >= 0.3 is 0 Å². The average Bonchev–Trinajstić information content (AvgIpc) is 3.53. The molecule has 2 fully saturated rings. The van der Waals surface area contributed by atoms with Gasteiger partial charge in [0.2, 0.25) is 5.91 Å². The first-order valence-electron chi connectivity index (χ1n) is 11.8. The van der Waals surface area contributed by atoms with Gasteiger partial charge < -0.3 is 18.9 Å². The van der Waals surface area contributed by atoms with Crippen molar-refractivity contribution in [2.24, 2.45) is 5.92 Å². The molecule has 2 saturated heterocycles. The van der Waals surface area contributed by atoms with Crippen LogP contribution in [-0.4, -0.2) is 57.2 Å². The van der Waals surface area contributed by atoms with Crippen molar-refractivity contribution >= 4 is 17.5 Å². The zero-order chi connectivity index (χ0) is 22.8. The minimum atomic E-state index is 0.0180. The van der Waals surface area contributed by atoms with E-state index in [4.69, 9.17) is 4.74 Å². The molecule has 2 aliphatic heterocycles. The Morgan fingerprint density at radius 3 is 2.42 bits per heavy atom. The number of rotatable bonds is 5. The second-order valence-electron chi connectivity index (χ2n) is 9.07. The fourth-order valence-corrected chi connectivity index (χ4v) is 4.83. The lowest BCUT2D eigenvalue weighted by molar-refractivity contribution is -0.135. The van der Waals surface area contributed by atoms with Crippen LogP contribution in [0.15, 0.2) is 48.8 Å². The van der Waals surface area contributed by atoms with Gasteiger partial charge in [0.25, 0.3) is 5.91 Å². The predicted molar refractivity (Wildman–Crippen MR) is 125 cm³/mol. The number of hydrogen-bond donors (Lipinski definition) is 0. The highest BCUT2D eigenvalue weighted by Gasteiger charge is 2.31. The molecule has 0 radical (unpaired) electrons. The van der Waals surface area contributed by atoms with Gasteiger partial charge in [0.1, 0.15) is 18.0 Å². The average molecular weight is 447 g/mol. The first-order chi connectivity index (χ1) is 16.1. The van der Waals surface area contributed by atoms with Crippen molar-refractivity contribution in [2.45, 2.75) is 39.2 Å². The molecule has 2 amide bonds. The summed E-state index contributed by atoms with van der Waals surface area (Å²) in [6, 6.07) is 11.3. The maximum Gasteiger partial charge on any atom is 0.253 e. The standard InChI is InChI=1S/C26H30N4O3/c1-19-5-4-14-30-17-22(27-24(19)30)18-33-23-8-6-20(7-9-23)25(31)29-15-10-21(11-16-29)26(32)28-12-2-3-13-28/h4-9,14,17,21H,2-3,10-13,15-16,18H2,1H3. The van der Waals surface area contributed by atoms with Crippen molar-refractivity contribution in [1.82, 2.24) is 19.2 Å². The molecule has 1 aromatic carbocycles. The Hall–Kier alpha value is -3.35. The van der Waals surface area contributed by atoms with Crippen molar-refractivity contribution in [3.63, 3.8) is 0 Å². The van der Waals surface area contributed by atoms with Crippen LogP contribution in [0.4, 0.5) is 0 Å². The number of pyridine rings is 1. The van der Waals surface area contributed by atoms with Crippen molar-refractivity contribution in [1.29, 1.82) is 0 Å². The highest BCUT2D eigenvalue weighted by atomic mass is 16.5. The van der Waals surface area contributed by atoms with Crippen LogP contribution in [0.1, 0.15) is 47.3 Å². The van der Waals surface area contributed by atoms with Gasteiger partial charge in [0.05, 0.1) is 5.69 Å². The molecule has 2 aliphatic rings. The van der Waals surface area contributed by atoms with Gasteiger partial charge in [-0.1, -0.05) is 6.07 Å². The molecule has 2 aromatic heterocycles. The minimum Gasteiger partial charge on any atom is -0.487 e. The van der Waals surface area contributed by atoms with Gasteiger partial charge in [-0.3, -0.25) is 9.59 Å². The summed E-state index contributed by atoms with van der Waals surface area (Å²) in [6.07, 6.45) is 7.67. The molecule has 0 unspecified atom stereocenters. The Labute approximate surface area is 194 Å². The van der Waals surface area contributed by atoms with Crippen LogP contribution in [0.3, 0.4) is 0 Å². The maximum absolute atomic E-state index is 12.9. The first kappa shape index (κ1) is 21.5. The van der Waals surface area contributed by atoms with E-state index in [2.05, 4.69) is 4.98 Å². The molecule has 0 N–H and O–H groups in total. The number of carbonyl (C=O) groups excluding carboxylic acids is 2. The summed E-state index contributed by atoms with van der Waals surface area (Å²) in [4.78, 5) is 34.0. The van der Waals surface area contributed by atoms with Crippen LogP contribution < -0.4 is 4.74 Å². The first-order valence-corrected chi connectivity index (χ1v) is 11.8. The molecular weight excluding hydrogens is 416 g/mol. The predicted octanol–water partition coefficient (Wildman–Crippen LogP) is 3.70. The summed E-state index contributed by atoms with van der Waals surface area (Å²) >= 11 is 0. The third kappa shape index (κ3) is 4.58. The van der Waals surface area contributed by atoms with Crippen molar-refractivity contribution in [3.05, 3.63) is 65.6 Å². The quantitative estimate of drug-likeness (QED) is 0.599. The van der Waals surface area contributed by atoms with E-state index in [1.165, 1.54) is 0 Å². The lowest BCUT2D eigenvalue weighted by Crippen LogP contribution is -2.43. The van der Waals surface area contributed by atoms with Gasteiger partial charge in [-0.05, 0) is 68.5 Å². The lowest BCUT2D eigenvalue weighted by atomic mass is 9.95. The number of piperidine rings is 1. The summed E-state index contributed by atoms with van der Waals surface area (Å²) in [5.74, 6) is 1.06. The molecular formula is C26H30N4O3. The van der Waals surface area contributed by atoms with E-state index in [0.29, 0.717) is 31.0 Å². The van der Waals surface area contributed by atoms with Crippen molar-refractivity contribution in [3.8, 4) is 5.75 Å². The topological polar surface area (TPSA) is 67.2 Å². The van der Waals surface area contributed by atoms with E-state index >= 15 is 0 Å². The van der Waals surface area contributed by atoms with Crippen molar-refractivity contribution < 1.29 is 14.3 Å². The number of aromatic nitrogens is 2. The SMILES string of the molecule is Cc1cccn2cc(COc3ccc(C(=O)N4CCC(C(=O)N5CCCC5)CC4)cc3)nc12. The van der Waals surface area contributed by atoms with E-state index in [-0.39, 0.29) is 17.7 Å². The number of aryl methyl sites for hydroxylation is 1. The number of nitrogens with zero attached hydrogens (tertiary/aromatic N) is 4. The van der Waals surface area contributed by atoms with Crippen molar-refractivity contribution in [2.75, 3.05) is 26.2 Å². The summed E-state index contributed by atoms with van der Waals surface area (Å²) < 4.78 is 7.89. The zero-order valence-corrected chi connectivity index (χ0v) is 19.1. The lowest BCUT2D eigenvalue weighted by Gasteiger charge is -2.33. The van der Waals surface area contributed by atoms with E-state index in [1.807, 2.05) is 69.9 Å². The second-order valence-corrected chi connectivity index (χ2v) is 9.07. The Kier molecular flexibility index (Phi) is 6.03. The molecule has 172 valence electrons. The number of ether oxygens (including phenoxy) is 1. The number of fused-ring (bicyclic) bond motifs is 1. The Morgan fingerprint density at radius 1 is 1.00 bits per heavy atom. The Balaban J connectivity index is 1.14. The third-order valence-electron chi connectivity index (χ3n) is 6.76. The number of imidazole rings is 1. The van der Waals surface area contributed by atoms with E-state index < -0.39 is 0 Å². The van der Waals surface area contributed by atoms with Crippen LogP contribution in [0.2, 0.25) is 0 Å². The molecule has 3 aromatic rings. The Bertz CT molecular complexity index is 1140. The largest absolute Gasteiger partial charge is 0.487 e. The molecule has 0 spiro atoms. The molecule has 33 heavy (non-hydrogen) atoms. The number of likely N-dealkylation sites (tertiary alicyclic amines) is 2. The molecule has 5 rings (SSSR count). The fraction of sp³-hybridized carbons (Fsp3) is 0.423. The molecule has 7 heteroatoms. The Morgan fingerprint density at radius 2 is 1.73 bits per heavy atom. The zero-order valence-electron chi connectivity index (χ0n) is 19.1. The maximum atomic E-state index is 12.9. The van der Waals surface area contributed by atoms with E-state index in [9.17, 15) is 9.59 Å². The highest BCUT2D eigenvalue weighted by Crippen LogP contribution is 2.24. The number of carbonyl (C=O) groups is 2. The van der Waals surface area contributed by atoms with E-state index in [0.717, 1.165) is 55.7 Å². The van der Waals surface area contributed by atoms with Crippen LogP contribution in [-0.2, 0) is 11.4 Å². The van der Waals surface area contributed by atoms with E-state index in [1.54, 1.807) is 0 Å². The molecule has 0 bridgehead atoms. The number of benzene rings is 1. The second kappa shape index (κ2) is 9.25. The summed E-state index contributed by atoms with van der Waals surface area (Å²) in [6.45, 7) is 5.46. The van der Waals surface area contributed by atoms with Crippen LogP contribution in [0.25, 0.3) is 5.65 Å². The molecule has 0 atom stereocenters. The van der Waals surface area contributed by atoms with Crippen LogP contribution in [0, 0.1) is 12.8 Å². The molecule has 0 saturated carbocycles. The van der Waals surface area contributed by atoms with Gasteiger partial charge in [-0.25, -0.2) is 4.98 Å². The van der Waals surface area contributed by atoms with Crippen LogP contribution in [0.5, 0.6) is 5.75 Å². The van der Waals surface area contributed by atoms with Crippen LogP contribution >= 0.6 is 0 Å². The summed E-state index contributed by atoms with van der Waals surface area (Å²) in [7, 11) is 0. The third-order valence-corrected chi connectivity index (χ3v) is 6.76. The van der Waals surface area contributed by atoms with Gasteiger partial charge in [0.15, 0.2) is 0 Å². The smallest absolute Gasteiger partial charge is 0.253 e. The number of hydrogen-bond acceptors (Lipinski definition) is 4. The van der Waals surface area contributed by atoms with Gasteiger partial charge in [-0.2, -0.15) is 0 Å². The monoisotopic (exact) mass is 446 g/mol. The summed E-state index contributed by atoms with van der Waals surface area (Å²) in [5, 5.41) is 0.